The topological polar surface area (TPSA) is 80.3 Å². The Morgan fingerprint density at radius 1 is 1.09 bits per heavy atom. The highest BCUT2D eigenvalue weighted by atomic mass is 16.5. The number of ether oxygens (including phenoxy) is 1. The molecule has 0 aliphatic carbocycles. The van der Waals surface area contributed by atoms with Crippen LogP contribution < -0.4 is 15.4 Å². The number of benzene rings is 1. The molecule has 0 spiro atoms. The fraction of sp³-hybridized carbons (Fsp3) is 0.188. The van der Waals surface area contributed by atoms with Gasteiger partial charge >= 0.3 is 0 Å². The third-order valence-corrected chi connectivity index (χ3v) is 2.94. The molecule has 0 radical (unpaired) electrons. The number of hydrogen-bond donors (Lipinski definition) is 2. The van der Waals surface area contributed by atoms with Gasteiger partial charge in [0.05, 0.1) is 18.5 Å². The van der Waals surface area contributed by atoms with Crippen LogP contribution in [0.25, 0.3) is 0 Å². The summed E-state index contributed by atoms with van der Waals surface area (Å²) in [6.07, 6.45) is 1.50. The SMILES string of the molecule is COc1cc(C(=O)Nc2cc(C)ccc2NC(C)=O)ccn1. The molecule has 1 aromatic heterocycles. The van der Waals surface area contributed by atoms with E-state index in [1.807, 2.05) is 13.0 Å². The van der Waals surface area contributed by atoms with Crippen LogP contribution in [0.1, 0.15) is 22.8 Å². The molecule has 0 aliphatic heterocycles. The average molecular weight is 299 g/mol. The lowest BCUT2D eigenvalue weighted by atomic mass is 10.1. The molecule has 2 aromatic rings. The normalized spacial score (nSPS) is 9.95. The van der Waals surface area contributed by atoms with Crippen LogP contribution in [0.4, 0.5) is 11.4 Å². The lowest BCUT2D eigenvalue weighted by Gasteiger charge is -2.12. The van der Waals surface area contributed by atoms with Gasteiger partial charge in [-0.1, -0.05) is 6.07 Å². The van der Waals surface area contributed by atoms with Crippen LogP contribution in [0, 0.1) is 6.92 Å². The molecular weight excluding hydrogens is 282 g/mol. The van der Waals surface area contributed by atoms with Crippen molar-refractivity contribution in [2.75, 3.05) is 17.7 Å². The highest BCUT2D eigenvalue weighted by Crippen LogP contribution is 2.24. The van der Waals surface area contributed by atoms with Crippen LogP contribution in [-0.4, -0.2) is 23.9 Å². The zero-order valence-electron chi connectivity index (χ0n) is 12.6. The van der Waals surface area contributed by atoms with Gasteiger partial charge in [0.15, 0.2) is 0 Å². The van der Waals surface area contributed by atoms with Crippen molar-refractivity contribution in [2.45, 2.75) is 13.8 Å². The highest BCUT2D eigenvalue weighted by Gasteiger charge is 2.11. The molecule has 2 N–H and O–H groups in total. The molecule has 1 aromatic carbocycles. The summed E-state index contributed by atoms with van der Waals surface area (Å²) in [5, 5.41) is 5.48. The van der Waals surface area contributed by atoms with Crippen molar-refractivity contribution in [3.63, 3.8) is 0 Å². The van der Waals surface area contributed by atoms with E-state index in [0.717, 1.165) is 5.56 Å². The molecule has 6 nitrogen and oxygen atoms in total. The first-order valence-electron chi connectivity index (χ1n) is 6.69. The van der Waals surface area contributed by atoms with Gasteiger partial charge in [0, 0.05) is 24.8 Å². The smallest absolute Gasteiger partial charge is 0.255 e. The minimum absolute atomic E-state index is 0.204. The van der Waals surface area contributed by atoms with E-state index in [-0.39, 0.29) is 11.8 Å². The first-order valence-corrected chi connectivity index (χ1v) is 6.69. The summed E-state index contributed by atoms with van der Waals surface area (Å²) in [6, 6.07) is 8.53. The number of carbonyl (C=O) groups excluding carboxylic acids is 2. The summed E-state index contributed by atoms with van der Waals surface area (Å²) in [6.45, 7) is 3.32. The van der Waals surface area contributed by atoms with E-state index >= 15 is 0 Å². The zero-order chi connectivity index (χ0) is 16.1. The quantitative estimate of drug-likeness (QED) is 0.909. The lowest BCUT2D eigenvalue weighted by Crippen LogP contribution is -2.15. The monoisotopic (exact) mass is 299 g/mol. The van der Waals surface area contributed by atoms with E-state index in [4.69, 9.17) is 4.74 Å². The Labute approximate surface area is 128 Å². The Balaban J connectivity index is 2.27. The maximum absolute atomic E-state index is 12.3. The van der Waals surface area contributed by atoms with Gasteiger partial charge in [-0.15, -0.1) is 0 Å². The number of methoxy groups -OCH3 is 1. The van der Waals surface area contributed by atoms with Gasteiger partial charge in [0.25, 0.3) is 5.91 Å². The van der Waals surface area contributed by atoms with Gasteiger partial charge < -0.3 is 15.4 Å². The van der Waals surface area contributed by atoms with Gasteiger partial charge in [-0.25, -0.2) is 4.98 Å². The summed E-state index contributed by atoms with van der Waals surface area (Å²) in [5.41, 5.74) is 2.47. The molecule has 0 bridgehead atoms. The maximum atomic E-state index is 12.3. The second-order valence-electron chi connectivity index (χ2n) is 4.77. The largest absolute Gasteiger partial charge is 0.481 e. The Morgan fingerprint density at radius 3 is 2.55 bits per heavy atom. The summed E-state index contributed by atoms with van der Waals surface area (Å²) < 4.78 is 5.00. The third-order valence-electron chi connectivity index (χ3n) is 2.94. The van der Waals surface area contributed by atoms with Crippen molar-refractivity contribution in [3.05, 3.63) is 47.7 Å². The Hall–Kier alpha value is -2.89. The molecule has 0 atom stereocenters. The summed E-state index contributed by atoms with van der Waals surface area (Å²) >= 11 is 0. The molecule has 2 amide bonds. The van der Waals surface area contributed by atoms with Gasteiger partial charge in [-0.2, -0.15) is 0 Å². The predicted octanol–water partition coefficient (Wildman–Crippen LogP) is 2.61. The molecular formula is C16H17N3O3. The summed E-state index contributed by atoms with van der Waals surface area (Å²) in [5.74, 6) is -0.151. The maximum Gasteiger partial charge on any atom is 0.255 e. The molecule has 6 heteroatoms. The van der Waals surface area contributed by atoms with Crippen molar-refractivity contribution < 1.29 is 14.3 Å². The number of nitrogens with one attached hydrogen (secondary N) is 2. The molecule has 0 fully saturated rings. The molecule has 0 unspecified atom stereocenters. The van der Waals surface area contributed by atoms with Crippen molar-refractivity contribution in [1.29, 1.82) is 0 Å². The first kappa shape index (κ1) is 15.5. The average Bonchev–Trinajstić information content (AvgIpc) is 2.49. The number of rotatable bonds is 4. The molecule has 114 valence electrons. The Kier molecular flexibility index (Phi) is 4.73. The molecule has 0 saturated heterocycles. The number of hydrogen-bond acceptors (Lipinski definition) is 4. The predicted molar refractivity (Wildman–Crippen MR) is 84.2 cm³/mol. The number of nitrogens with zero attached hydrogens (tertiary/aromatic N) is 1. The van der Waals surface area contributed by atoms with Gasteiger partial charge in [-0.05, 0) is 30.7 Å². The van der Waals surface area contributed by atoms with Crippen LogP contribution in [0.3, 0.4) is 0 Å². The van der Waals surface area contributed by atoms with Crippen molar-refractivity contribution in [2.24, 2.45) is 0 Å². The van der Waals surface area contributed by atoms with E-state index in [9.17, 15) is 9.59 Å². The van der Waals surface area contributed by atoms with E-state index in [2.05, 4.69) is 15.6 Å². The fourth-order valence-corrected chi connectivity index (χ4v) is 1.92. The second-order valence-corrected chi connectivity index (χ2v) is 4.77. The van der Waals surface area contributed by atoms with Crippen molar-refractivity contribution in [3.8, 4) is 5.88 Å². The first-order chi connectivity index (χ1) is 10.5. The van der Waals surface area contributed by atoms with Crippen molar-refractivity contribution in [1.82, 2.24) is 4.98 Å². The number of aryl methyl sites for hydroxylation is 1. The number of pyridine rings is 1. The van der Waals surface area contributed by atoms with E-state index in [1.165, 1.54) is 20.2 Å². The van der Waals surface area contributed by atoms with Gasteiger partial charge in [0.1, 0.15) is 0 Å². The summed E-state index contributed by atoms with van der Waals surface area (Å²) in [7, 11) is 1.49. The molecule has 0 saturated carbocycles. The van der Waals surface area contributed by atoms with Crippen LogP contribution in [0.15, 0.2) is 36.5 Å². The number of carbonyl (C=O) groups is 2. The van der Waals surface area contributed by atoms with E-state index in [0.29, 0.717) is 22.8 Å². The summed E-state index contributed by atoms with van der Waals surface area (Å²) in [4.78, 5) is 27.5. The second kappa shape index (κ2) is 6.71. The fourth-order valence-electron chi connectivity index (χ4n) is 1.92. The Morgan fingerprint density at radius 2 is 1.86 bits per heavy atom. The van der Waals surface area contributed by atoms with Crippen LogP contribution in [0.5, 0.6) is 5.88 Å². The number of amides is 2. The molecule has 0 aliphatic rings. The lowest BCUT2D eigenvalue weighted by molar-refractivity contribution is -0.114. The highest BCUT2D eigenvalue weighted by molar-refractivity contribution is 6.07. The van der Waals surface area contributed by atoms with E-state index in [1.54, 1.807) is 24.3 Å². The van der Waals surface area contributed by atoms with Crippen LogP contribution in [0.2, 0.25) is 0 Å². The Bertz CT molecular complexity index is 714. The van der Waals surface area contributed by atoms with E-state index < -0.39 is 0 Å². The zero-order valence-corrected chi connectivity index (χ0v) is 12.6. The van der Waals surface area contributed by atoms with Gasteiger partial charge in [-0.3, -0.25) is 9.59 Å². The number of aromatic nitrogens is 1. The molecule has 2 rings (SSSR count). The minimum Gasteiger partial charge on any atom is -0.481 e. The molecule has 22 heavy (non-hydrogen) atoms. The van der Waals surface area contributed by atoms with Crippen molar-refractivity contribution >= 4 is 23.2 Å². The van der Waals surface area contributed by atoms with Crippen LogP contribution in [-0.2, 0) is 4.79 Å². The molecule has 1 heterocycles. The number of anilines is 2. The minimum atomic E-state index is -0.307. The third kappa shape index (κ3) is 3.82. The van der Waals surface area contributed by atoms with Crippen LogP contribution >= 0.6 is 0 Å². The standard InChI is InChI=1S/C16H17N3O3/c1-10-4-5-13(18-11(2)20)14(8-10)19-16(21)12-6-7-17-15(9-12)22-3/h4-9H,1-3H3,(H,18,20)(H,19,21). The van der Waals surface area contributed by atoms with Gasteiger partial charge in [0.2, 0.25) is 11.8 Å².